The van der Waals surface area contributed by atoms with E-state index in [1.165, 1.54) is 25.9 Å². The number of amides is 1. The number of carbonyl (C=O) groups is 1. The summed E-state index contributed by atoms with van der Waals surface area (Å²) in [7, 11) is 2.03. The highest BCUT2D eigenvalue weighted by Crippen LogP contribution is 2.29. The summed E-state index contributed by atoms with van der Waals surface area (Å²) in [5.41, 5.74) is 3.01. The molecule has 0 saturated carbocycles. The summed E-state index contributed by atoms with van der Waals surface area (Å²) >= 11 is 0. The van der Waals surface area contributed by atoms with Crippen LogP contribution in [-0.4, -0.2) is 41.1 Å². The number of hydrogen-bond donors (Lipinski definition) is 1. The van der Waals surface area contributed by atoms with Gasteiger partial charge in [0.05, 0.1) is 5.56 Å². The first kappa shape index (κ1) is 13.8. The third kappa shape index (κ3) is 2.05. The van der Waals surface area contributed by atoms with Crippen molar-refractivity contribution in [3.05, 3.63) is 35.5 Å². The molecule has 4 heterocycles. The van der Waals surface area contributed by atoms with E-state index in [0.29, 0.717) is 12.0 Å². The van der Waals surface area contributed by atoms with E-state index in [9.17, 15) is 4.79 Å². The first-order valence-corrected chi connectivity index (χ1v) is 8.22. The highest BCUT2D eigenvalue weighted by Gasteiger charge is 2.35. The Kier molecular flexibility index (Phi) is 3.22. The molecular weight excluding hydrogens is 274 g/mol. The van der Waals surface area contributed by atoms with Gasteiger partial charge in [-0.1, -0.05) is 18.2 Å². The van der Waals surface area contributed by atoms with Crippen molar-refractivity contribution in [1.82, 2.24) is 14.8 Å². The van der Waals surface area contributed by atoms with Crippen LogP contribution in [-0.2, 0) is 7.05 Å². The molecule has 1 aromatic heterocycles. The predicted octanol–water partition coefficient (Wildman–Crippen LogP) is 2.31. The SMILES string of the molecule is Cc1c(C(=O)N[C@H]2CN3CCC2CC3)c2ccccc2n1C. The second-order valence-corrected chi connectivity index (χ2v) is 6.75. The molecule has 0 spiro atoms. The second-order valence-electron chi connectivity index (χ2n) is 6.75. The van der Waals surface area contributed by atoms with E-state index in [2.05, 4.69) is 20.9 Å². The molecule has 1 aromatic carbocycles. The molecule has 4 nitrogen and oxygen atoms in total. The first-order chi connectivity index (χ1) is 10.6. The topological polar surface area (TPSA) is 37.3 Å². The monoisotopic (exact) mass is 297 g/mol. The van der Waals surface area contributed by atoms with Crippen LogP contribution in [0.2, 0.25) is 0 Å². The van der Waals surface area contributed by atoms with Crippen molar-refractivity contribution in [2.24, 2.45) is 13.0 Å². The molecule has 5 rings (SSSR count). The predicted molar refractivity (Wildman–Crippen MR) is 88.1 cm³/mol. The number of fused-ring (bicyclic) bond motifs is 4. The zero-order valence-corrected chi connectivity index (χ0v) is 13.3. The van der Waals surface area contributed by atoms with Gasteiger partial charge in [-0.3, -0.25) is 4.79 Å². The molecular formula is C18H23N3O. The molecule has 22 heavy (non-hydrogen) atoms. The molecule has 3 saturated heterocycles. The summed E-state index contributed by atoms with van der Waals surface area (Å²) < 4.78 is 2.11. The lowest BCUT2D eigenvalue weighted by Gasteiger charge is -2.44. The van der Waals surface area contributed by atoms with Crippen LogP contribution in [0.15, 0.2) is 24.3 Å². The Morgan fingerprint density at radius 2 is 1.95 bits per heavy atom. The Hall–Kier alpha value is -1.81. The Labute approximate surface area is 131 Å². The van der Waals surface area contributed by atoms with Crippen LogP contribution in [0.25, 0.3) is 10.9 Å². The maximum absolute atomic E-state index is 12.9. The Morgan fingerprint density at radius 1 is 1.23 bits per heavy atom. The molecule has 3 aliphatic rings. The number of nitrogens with zero attached hydrogens (tertiary/aromatic N) is 2. The largest absolute Gasteiger partial charge is 0.348 e. The van der Waals surface area contributed by atoms with Gasteiger partial charge in [0, 0.05) is 36.2 Å². The fraction of sp³-hybridized carbons (Fsp3) is 0.500. The number of benzene rings is 1. The van der Waals surface area contributed by atoms with Gasteiger partial charge in [-0.2, -0.15) is 0 Å². The second kappa shape index (κ2) is 5.13. The molecule has 3 aliphatic heterocycles. The molecule has 0 unspecified atom stereocenters. The van der Waals surface area contributed by atoms with Crippen molar-refractivity contribution in [3.63, 3.8) is 0 Å². The van der Waals surface area contributed by atoms with E-state index in [4.69, 9.17) is 0 Å². The van der Waals surface area contributed by atoms with E-state index in [1.54, 1.807) is 0 Å². The standard InChI is InChI=1S/C18H23N3O/c1-12-17(14-5-3-4-6-16(14)20(12)2)18(22)19-15-11-21-9-7-13(15)8-10-21/h3-6,13,15H,7-11H2,1-2H3,(H,19,22)/t15-/m0/s1. The van der Waals surface area contributed by atoms with Gasteiger partial charge in [0.15, 0.2) is 0 Å². The van der Waals surface area contributed by atoms with Gasteiger partial charge in [-0.25, -0.2) is 0 Å². The van der Waals surface area contributed by atoms with Gasteiger partial charge in [0.25, 0.3) is 5.91 Å². The maximum atomic E-state index is 12.9. The van der Waals surface area contributed by atoms with Gasteiger partial charge >= 0.3 is 0 Å². The number of hydrogen-bond acceptors (Lipinski definition) is 2. The summed E-state index contributed by atoms with van der Waals surface area (Å²) in [5, 5.41) is 4.38. The number of para-hydroxylation sites is 1. The number of piperidine rings is 3. The molecule has 0 radical (unpaired) electrons. The van der Waals surface area contributed by atoms with Crippen LogP contribution < -0.4 is 5.32 Å². The number of rotatable bonds is 2. The molecule has 1 N–H and O–H groups in total. The van der Waals surface area contributed by atoms with E-state index in [1.807, 2.05) is 32.2 Å². The smallest absolute Gasteiger partial charge is 0.254 e. The summed E-state index contributed by atoms with van der Waals surface area (Å²) in [5.74, 6) is 0.747. The lowest BCUT2D eigenvalue weighted by molar-refractivity contribution is 0.0621. The first-order valence-electron chi connectivity index (χ1n) is 8.22. The van der Waals surface area contributed by atoms with E-state index < -0.39 is 0 Å². The van der Waals surface area contributed by atoms with Crippen LogP contribution in [0.3, 0.4) is 0 Å². The van der Waals surface area contributed by atoms with Crippen molar-refractivity contribution >= 4 is 16.8 Å². The molecule has 1 amide bonds. The van der Waals surface area contributed by atoms with Crippen LogP contribution >= 0.6 is 0 Å². The Balaban J connectivity index is 1.65. The minimum absolute atomic E-state index is 0.0908. The van der Waals surface area contributed by atoms with Crippen molar-refractivity contribution in [3.8, 4) is 0 Å². The summed E-state index contributed by atoms with van der Waals surface area (Å²) in [6, 6.07) is 8.47. The minimum Gasteiger partial charge on any atom is -0.348 e. The molecule has 1 atom stereocenters. The lowest BCUT2D eigenvalue weighted by Crippen LogP contribution is -2.57. The van der Waals surface area contributed by atoms with Crippen molar-refractivity contribution in [2.45, 2.75) is 25.8 Å². The number of nitrogens with one attached hydrogen (secondary N) is 1. The maximum Gasteiger partial charge on any atom is 0.254 e. The molecule has 4 heteroatoms. The minimum atomic E-state index is 0.0908. The fourth-order valence-corrected chi connectivity index (χ4v) is 4.18. The summed E-state index contributed by atoms with van der Waals surface area (Å²) in [6.07, 6.45) is 2.44. The van der Waals surface area contributed by atoms with E-state index >= 15 is 0 Å². The van der Waals surface area contributed by atoms with Gasteiger partial charge < -0.3 is 14.8 Å². The third-order valence-corrected chi connectivity index (χ3v) is 5.60. The average Bonchev–Trinajstić information content (AvgIpc) is 2.80. The van der Waals surface area contributed by atoms with Crippen molar-refractivity contribution < 1.29 is 4.79 Å². The van der Waals surface area contributed by atoms with Gasteiger partial charge in [-0.05, 0) is 44.8 Å². The van der Waals surface area contributed by atoms with Gasteiger partial charge in [0.2, 0.25) is 0 Å². The highest BCUT2D eigenvalue weighted by atomic mass is 16.1. The Bertz CT molecular complexity index is 725. The van der Waals surface area contributed by atoms with Crippen molar-refractivity contribution in [2.75, 3.05) is 19.6 Å². The number of aromatic nitrogens is 1. The molecule has 116 valence electrons. The normalized spacial score (nSPS) is 27.3. The van der Waals surface area contributed by atoms with Crippen LogP contribution in [0.4, 0.5) is 0 Å². The van der Waals surface area contributed by atoms with Gasteiger partial charge in [0.1, 0.15) is 0 Å². The number of aryl methyl sites for hydroxylation is 1. The van der Waals surface area contributed by atoms with E-state index in [0.717, 1.165) is 28.7 Å². The van der Waals surface area contributed by atoms with E-state index in [-0.39, 0.29) is 5.91 Å². The average molecular weight is 297 g/mol. The zero-order valence-electron chi connectivity index (χ0n) is 13.3. The quantitative estimate of drug-likeness (QED) is 0.923. The molecule has 2 aromatic rings. The van der Waals surface area contributed by atoms with Crippen molar-refractivity contribution in [1.29, 1.82) is 0 Å². The number of carbonyl (C=O) groups excluding carboxylic acids is 1. The molecule has 2 bridgehead atoms. The molecule has 3 fully saturated rings. The fourth-order valence-electron chi connectivity index (χ4n) is 4.18. The summed E-state index contributed by atoms with van der Waals surface area (Å²) in [4.78, 5) is 15.4. The summed E-state index contributed by atoms with van der Waals surface area (Å²) in [6.45, 7) is 5.44. The van der Waals surface area contributed by atoms with Gasteiger partial charge in [-0.15, -0.1) is 0 Å². The zero-order chi connectivity index (χ0) is 15.3. The highest BCUT2D eigenvalue weighted by molar-refractivity contribution is 6.08. The van der Waals surface area contributed by atoms with Crippen LogP contribution in [0.1, 0.15) is 28.9 Å². The van der Waals surface area contributed by atoms with Crippen LogP contribution in [0.5, 0.6) is 0 Å². The van der Waals surface area contributed by atoms with Crippen LogP contribution in [0, 0.1) is 12.8 Å². The Morgan fingerprint density at radius 3 is 2.64 bits per heavy atom. The third-order valence-electron chi connectivity index (χ3n) is 5.60. The molecule has 0 aliphatic carbocycles. The lowest BCUT2D eigenvalue weighted by atomic mass is 9.84.